The number of aromatic carboxylic acids is 1. The van der Waals surface area contributed by atoms with E-state index in [2.05, 4.69) is 9.72 Å². The summed E-state index contributed by atoms with van der Waals surface area (Å²) in [7, 11) is 1.49. The minimum absolute atomic E-state index is 0.115. The van der Waals surface area contributed by atoms with E-state index >= 15 is 0 Å². The summed E-state index contributed by atoms with van der Waals surface area (Å²) in [6.07, 6.45) is -4.03. The van der Waals surface area contributed by atoms with Crippen LogP contribution in [0.25, 0.3) is 0 Å². The number of methoxy groups -OCH3 is 1. The Bertz CT molecular complexity index is 478. The second-order valence-corrected chi connectivity index (χ2v) is 3.91. The summed E-state index contributed by atoms with van der Waals surface area (Å²) in [6, 6.07) is 2.11. The highest BCUT2D eigenvalue weighted by Crippen LogP contribution is 2.22. The number of nitrogens with zero attached hydrogens (tertiary/aromatic N) is 1. The fourth-order valence-electron chi connectivity index (χ4n) is 1.30. The molecule has 0 saturated carbocycles. The fraction of sp³-hybridized carbons (Fsp3) is 0.500. The van der Waals surface area contributed by atoms with E-state index < -0.39 is 18.8 Å². The molecule has 0 aliphatic rings. The highest BCUT2D eigenvalue weighted by Gasteiger charge is 2.29. The van der Waals surface area contributed by atoms with Gasteiger partial charge in [-0.2, -0.15) is 18.2 Å². The molecule has 118 valence electrons. The Morgan fingerprint density at radius 1 is 1.29 bits per heavy atom. The monoisotopic (exact) mass is 309 g/mol. The topological polar surface area (TPSA) is 77.9 Å². The Morgan fingerprint density at radius 2 is 2.00 bits per heavy atom. The number of carbonyl (C=O) groups is 1. The van der Waals surface area contributed by atoms with Crippen molar-refractivity contribution in [2.45, 2.75) is 12.6 Å². The van der Waals surface area contributed by atoms with Crippen LogP contribution in [0.3, 0.4) is 0 Å². The fourth-order valence-corrected chi connectivity index (χ4v) is 1.30. The van der Waals surface area contributed by atoms with Crippen LogP contribution in [-0.2, 0) is 4.74 Å². The number of carboxylic acid groups (broad SMARTS) is 1. The van der Waals surface area contributed by atoms with Gasteiger partial charge in [-0.25, -0.2) is 4.79 Å². The minimum Gasteiger partial charge on any atom is -0.477 e. The van der Waals surface area contributed by atoms with Crippen LogP contribution < -0.4 is 9.47 Å². The lowest BCUT2D eigenvalue weighted by molar-refractivity contribution is -0.154. The number of pyridine rings is 1. The summed E-state index contributed by atoms with van der Waals surface area (Å²) in [5.74, 6) is -1.95. The number of aromatic nitrogens is 1. The second kappa shape index (κ2) is 7.67. The third-order valence-corrected chi connectivity index (χ3v) is 2.18. The lowest BCUT2D eigenvalue weighted by Crippen LogP contribution is -2.20. The molecule has 6 nitrogen and oxygen atoms in total. The van der Waals surface area contributed by atoms with Crippen molar-refractivity contribution in [3.8, 4) is 11.8 Å². The molecule has 0 spiro atoms. The predicted molar refractivity (Wildman–Crippen MR) is 64.7 cm³/mol. The number of halogens is 3. The summed E-state index contributed by atoms with van der Waals surface area (Å²) >= 11 is 0. The van der Waals surface area contributed by atoms with Crippen molar-refractivity contribution in [1.29, 1.82) is 0 Å². The summed E-state index contributed by atoms with van der Waals surface area (Å²) in [6.45, 7) is -1.01. The van der Waals surface area contributed by atoms with Crippen LogP contribution in [-0.4, -0.2) is 49.2 Å². The van der Waals surface area contributed by atoms with Crippen LogP contribution in [0.4, 0.5) is 13.2 Å². The van der Waals surface area contributed by atoms with Gasteiger partial charge in [0.15, 0.2) is 6.61 Å². The molecule has 1 N–H and O–H groups in total. The molecular weight excluding hydrogens is 295 g/mol. The average Bonchev–Trinajstić information content (AvgIpc) is 2.40. The lowest BCUT2D eigenvalue weighted by atomic mass is 10.3. The summed E-state index contributed by atoms with van der Waals surface area (Å²) in [5.41, 5.74) is -0.258. The zero-order valence-corrected chi connectivity index (χ0v) is 11.1. The van der Waals surface area contributed by atoms with Crippen molar-refractivity contribution >= 4 is 5.97 Å². The first kappa shape index (κ1) is 17.0. The van der Waals surface area contributed by atoms with Crippen LogP contribution in [0.2, 0.25) is 0 Å². The Balaban J connectivity index is 2.77. The molecule has 0 aliphatic heterocycles. The molecule has 0 radical (unpaired) electrons. The predicted octanol–water partition coefficient (Wildman–Crippen LogP) is 2.14. The van der Waals surface area contributed by atoms with E-state index in [0.29, 0.717) is 13.0 Å². The molecule has 21 heavy (non-hydrogen) atoms. The highest BCUT2D eigenvalue weighted by atomic mass is 19.4. The van der Waals surface area contributed by atoms with E-state index in [1.165, 1.54) is 7.11 Å². The van der Waals surface area contributed by atoms with Crippen LogP contribution in [0.15, 0.2) is 12.1 Å². The minimum atomic E-state index is -4.51. The number of carboxylic acids is 1. The van der Waals surface area contributed by atoms with Crippen molar-refractivity contribution in [3.63, 3.8) is 0 Å². The number of hydrogen-bond donors (Lipinski definition) is 1. The maximum atomic E-state index is 12.0. The highest BCUT2D eigenvalue weighted by molar-refractivity contribution is 5.90. The Kier molecular flexibility index (Phi) is 6.22. The van der Waals surface area contributed by atoms with Crippen LogP contribution in [0.5, 0.6) is 11.8 Å². The van der Waals surface area contributed by atoms with Crippen LogP contribution in [0.1, 0.15) is 16.8 Å². The molecule has 0 aliphatic carbocycles. The van der Waals surface area contributed by atoms with Gasteiger partial charge in [0.05, 0.1) is 6.61 Å². The van der Waals surface area contributed by atoms with Gasteiger partial charge in [-0.15, -0.1) is 0 Å². The first-order chi connectivity index (χ1) is 9.83. The summed E-state index contributed by atoms with van der Waals surface area (Å²) in [4.78, 5) is 14.6. The third-order valence-electron chi connectivity index (χ3n) is 2.18. The maximum Gasteiger partial charge on any atom is 0.422 e. The smallest absolute Gasteiger partial charge is 0.422 e. The van der Waals surface area contributed by atoms with Gasteiger partial charge in [0, 0.05) is 26.2 Å². The second-order valence-electron chi connectivity index (χ2n) is 3.91. The van der Waals surface area contributed by atoms with Crippen molar-refractivity contribution in [3.05, 3.63) is 17.7 Å². The van der Waals surface area contributed by atoms with Gasteiger partial charge in [0.2, 0.25) is 11.8 Å². The van der Waals surface area contributed by atoms with Gasteiger partial charge < -0.3 is 19.3 Å². The Morgan fingerprint density at radius 3 is 2.57 bits per heavy atom. The zero-order chi connectivity index (χ0) is 15.9. The normalized spacial score (nSPS) is 11.2. The molecule has 1 aromatic heterocycles. The maximum absolute atomic E-state index is 12.0. The van der Waals surface area contributed by atoms with E-state index in [9.17, 15) is 18.0 Å². The van der Waals surface area contributed by atoms with Gasteiger partial charge in [0.25, 0.3) is 0 Å². The van der Waals surface area contributed by atoms with E-state index in [0.717, 1.165) is 12.1 Å². The van der Waals surface area contributed by atoms with Crippen molar-refractivity contribution in [1.82, 2.24) is 4.98 Å². The third kappa shape index (κ3) is 6.30. The first-order valence-electron chi connectivity index (χ1n) is 5.89. The van der Waals surface area contributed by atoms with Gasteiger partial charge >= 0.3 is 12.1 Å². The van der Waals surface area contributed by atoms with Gasteiger partial charge in [-0.05, 0) is 6.07 Å². The lowest BCUT2D eigenvalue weighted by Gasteiger charge is -2.11. The molecule has 0 saturated heterocycles. The molecular formula is C12H14F3NO5. The Hall–Kier alpha value is -2.03. The van der Waals surface area contributed by atoms with Crippen molar-refractivity contribution in [2.24, 2.45) is 0 Å². The molecule has 0 unspecified atom stereocenters. The quantitative estimate of drug-likeness (QED) is 0.741. The van der Waals surface area contributed by atoms with E-state index in [4.69, 9.17) is 14.6 Å². The molecule has 0 amide bonds. The number of alkyl halides is 3. The number of rotatable bonds is 8. The summed E-state index contributed by atoms with van der Waals surface area (Å²) < 4.78 is 50.5. The van der Waals surface area contributed by atoms with Gasteiger partial charge in [0.1, 0.15) is 5.56 Å². The largest absolute Gasteiger partial charge is 0.477 e. The molecule has 9 heteroatoms. The van der Waals surface area contributed by atoms with Gasteiger partial charge in [-0.3, -0.25) is 0 Å². The molecule has 0 bridgehead atoms. The molecule has 0 atom stereocenters. The van der Waals surface area contributed by atoms with Crippen molar-refractivity contribution in [2.75, 3.05) is 26.9 Å². The van der Waals surface area contributed by atoms with Crippen LogP contribution >= 0.6 is 0 Å². The first-order valence-corrected chi connectivity index (χ1v) is 5.89. The SMILES string of the molecule is COCCCOc1nc(OCC(F)(F)F)ccc1C(=O)O. The van der Waals surface area contributed by atoms with E-state index in [-0.39, 0.29) is 23.9 Å². The molecule has 1 heterocycles. The van der Waals surface area contributed by atoms with E-state index in [1.54, 1.807) is 0 Å². The molecule has 1 rings (SSSR count). The molecule has 0 aromatic carbocycles. The van der Waals surface area contributed by atoms with Crippen molar-refractivity contribution < 1.29 is 37.3 Å². The van der Waals surface area contributed by atoms with E-state index in [1.807, 2.05) is 0 Å². The number of ether oxygens (including phenoxy) is 3. The zero-order valence-electron chi connectivity index (χ0n) is 11.1. The molecule has 0 fully saturated rings. The molecule has 1 aromatic rings. The Labute approximate surface area is 118 Å². The average molecular weight is 309 g/mol. The van der Waals surface area contributed by atoms with Gasteiger partial charge in [-0.1, -0.05) is 0 Å². The van der Waals surface area contributed by atoms with Crippen LogP contribution in [0, 0.1) is 0 Å². The summed E-state index contributed by atoms with van der Waals surface area (Å²) in [5, 5.41) is 8.95. The standard InChI is InChI=1S/C12H14F3NO5/c1-19-5-2-6-20-10-8(11(17)18)3-4-9(16-10)21-7-12(13,14)15/h3-4H,2,5-7H2,1H3,(H,17,18). The number of hydrogen-bond acceptors (Lipinski definition) is 5.